The van der Waals surface area contributed by atoms with Crippen molar-refractivity contribution < 1.29 is 14.4 Å². The van der Waals surface area contributed by atoms with Crippen molar-refractivity contribution in [1.82, 2.24) is 4.90 Å². The summed E-state index contributed by atoms with van der Waals surface area (Å²) in [4.78, 5) is 40.2. The van der Waals surface area contributed by atoms with Gasteiger partial charge in [-0.1, -0.05) is 23.7 Å². The van der Waals surface area contributed by atoms with Gasteiger partial charge in [0.1, 0.15) is 13.1 Å². The van der Waals surface area contributed by atoms with Crippen LogP contribution in [0.5, 0.6) is 0 Å². The number of hydrogen-bond donors (Lipinski definition) is 1. The van der Waals surface area contributed by atoms with E-state index >= 15 is 0 Å². The van der Waals surface area contributed by atoms with Gasteiger partial charge in [0, 0.05) is 17.8 Å². The van der Waals surface area contributed by atoms with Gasteiger partial charge < -0.3 is 15.1 Å². The fourth-order valence-electron chi connectivity index (χ4n) is 2.86. The molecule has 26 heavy (non-hydrogen) atoms. The first-order valence-electron chi connectivity index (χ1n) is 8.07. The molecule has 3 rings (SSSR count). The molecular formula is C19H18ClN3O3. The average molecular weight is 372 g/mol. The number of likely N-dealkylation sites (N-methyl/N-ethyl adjacent to an activating group) is 1. The third kappa shape index (κ3) is 3.55. The maximum Gasteiger partial charge on any atom is 0.256 e. The third-order valence-corrected chi connectivity index (χ3v) is 4.44. The number of carbonyl (C=O) groups excluding carboxylic acids is 3. The lowest BCUT2D eigenvalue weighted by molar-refractivity contribution is -0.121. The van der Waals surface area contributed by atoms with E-state index < -0.39 is 0 Å². The van der Waals surface area contributed by atoms with Gasteiger partial charge in [0.15, 0.2) is 0 Å². The number of amides is 3. The number of nitrogens with zero attached hydrogens (tertiary/aromatic N) is 2. The van der Waals surface area contributed by atoms with Crippen molar-refractivity contribution >= 4 is 40.7 Å². The molecule has 134 valence electrons. The summed E-state index contributed by atoms with van der Waals surface area (Å²) < 4.78 is 0. The maximum atomic E-state index is 12.6. The van der Waals surface area contributed by atoms with Crippen LogP contribution in [0, 0.1) is 6.92 Å². The van der Waals surface area contributed by atoms with E-state index in [2.05, 4.69) is 5.32 Å². The minimum Gasteiger partial charge on any atom is -0.332 e. The number of halogens is 1. The first-order chi connectivity index (χ1) is 12.4. The molecule has 1 heterocycles. The summed E-state index contributed by atoms with van der Waals surface area (Å²) in [6.45, 7) is 1.57. The molecule has 0 saturated heterocycles. The molecule has 0 saturated carbocycles. The summed E-state index contributed by atoms with van der Waals surface area (Å²) in [5.74, 6) is -0.908. The Labute approximate surface area is 156 Å². The maximum absolute atomic E-state index is 12.6. The average Bonchev–Trinajstić information content (AvgIpc) is 2.68. The Balaban J connectivity index is 1.85. The van der Waals surface area contributed by atoms with Crippen LogP contribution in [0.3, 0.4) is 0 Å². The summed E-state index contributed by atoms with van der Waals surface area (Å²) in [6.07, 6.45) is 0. The summed E-state index contributed by atoms with van der Waals surface area (Å²) in [5.41, 5.74) is 2.29. The van der Waals surface area contributed by atoms with Crippen molar-refractivity contribution in [2.45, 2.75) is 6.92 Å². The lowest BCUT2D eigenvalue weighted by Crippen LogP contribution is -2.41. The van der Waals surface area contributed by atoms with Crippen LogP contribution in [0.1, 0.15) is 15.9 Å². The zero-order valence-electron chi connectivity index (χ0n) is 14.5. The number of benzene rings is 2. The zero-order chi connectivity index (χ0) is 18.8. The number of anilines is 2. The largest absolute Gasteiger partial charge is 0.332 e. The molecule has 0 unspecified atom stereocenters. The van der Waals surface area contributed by atoms with Crippen LogP contribution in [0.25, 0.3) is 0 Å². The minimum atomic E-state index is -0.351. The molecule has 2 aromatic carbocycles. The molecule has 0 aliphatic carbocycles. The SMILES string of the molecule is Cc1cc(Cl)ccc1NC(=O)CN1C(=O)CN(C)C(=O)c2ccccc21. The van der Waals surface area contributed by atoms with E-state index in [0.29, 0.717) is 22.0 Å². The molecule has 0 bridgehead atoms. The van der Waals surface area contributed by atoms with Crippen LogP contribution in [0.15, 0.2) is 42.5 Å². The number of nitrogens with one attached hydrogen (secondary N) is 1. The number of hydrogen-bond acceptors (Lipinski definition) is 3. The summed E-state index contributed by atoms with van der Waals surface area (Å²) in [6, 6.07) is 11.9. The van der Waals surface area contributed by atoms with Crippen molar-refractivity contribution in [3.63, 3.8) is 0 Å². The van der Waals surface area contributed by atoms with E-state index in [0.717, 1.165) is 5.56 Å². The molecule has 0 atom stereocenters. The van der Waals surface area contributed by atoms with E-state index in [1.807, 2.05) is 6.92 Å². The van der Waals surface area contributed by atoms with Crippen LogP contribution in [0.4, 0.5) is 11.4 Å². The Bertz CT molecular complexity index is 897. The van der Waals surface area contributed by atoms with Gasteiger partial charge in [0.05, 0.1) is 11.3 Å². The topological polar surface area (TPSA) is 69.7 Å². The standard InChI is InChI=1S/C19H18ClN3O3/c1-12-9-13(20)7-8-15(12)21-17(24)10-23-16-6-4-3-5-14(16)19(26)22(2)11-18(23)25/h3-9H,10-11H2,1-2H3,(H,21,24). The van der Waals surface area contributed by atoms with Crippen LogP contribution in [0.2, 0.25) is 5.02 Å². The number of aryl methyl sites for hydroxylation is 1. The molecule has 7 heteroatoms. The quantitative estimate of drug-likeness (QED) is 0.901. The third-order valence-electron chi connectivity index (χ3n) is 4.21. The van der Waals surface area contributed by atoms with Gasteiger partial charge >= 0.3 is 0 Å². The molecule has 1 aliphatic rings. The smallest absolute Gasteiger partial charge is 0.256 e. The van der Waals surface area contributed by atoms with Crippen molar-refractivity contribution in [3.8, 4) is 0 Å². The molecule has 2 aromatic rings. The first kappa shape index (κ1) is 17.9. The number of carbonyl (C=O) groups is 3. The van der Waals surface area contributed by atoms with Gasteiger partial charge in [-0.05, 0) is 42.8 Å². The molecular weight excluding hydrogens is 354 g/mol. The number of fused-ring (bicyclic) bond motifs is 1. The van der Waals surface area contributed by atoms with Gasteiger partial charge in [-0.3, -0.25) is 14.4 Å². The Morgan fingerprint density at radius 3 is 2.65 bits per heavy atom. The zero-order valence-corrected chi connectivity index (χ0v) is 15.2. The Morgan fingerprint density at radius 1 is 1.19 bits per heavy atom. The molecule has 0 spiro atoms. The highest BCUT2D eigenvalue weighted by Crippen LogP contribution is 2.25. The summed E-state index contributed by atoms with van der Waals surface area (Å²) in [7, 11) is 1.57. The Morgan fingerprint density at radius 2 is 1.92 bits per heavy atom. The molecule has 6 nitrogen and oxygen atoms in total. The molecule has 1 N–H and O–H groups in total. The van der Waals surface area contributed by atoms with E-state index in [4.69, 9.17) is 11.6 Å². The van der Waals surface area contributed by atoms with Gasteiger partial charge in [0.2, 0.25) is 11.8 Å². The van der Waals surface area contributed by atoms with E-state index in [-0.39, 0.29) is 30.8 Å². The Hall–Kier alpha value is -2.86. The van der Waals surface area contributed by atoms with Crippen LogP contribution < -0.4 is 10.2 Å². The normalized spacial score (nSPS) is 14.1. The van der Waals surface area contributed by atoms with Crippen molar-refractivity contribution in [1.29, 1.82) is 0 Å². The number of rotatable bonds is 3. The Kier molecular flexibility index (Phi) is 4.95. The van der Waals surface area contributed by atoms with E-state index in [9.17, 15) is 14.4 Å². The predicted octanol–water partition coefficient (Wildman–Crippen LogP) is 2.71. The second-order valence-corrected chi connectivity index (χ2v) is 6.60. The van der Waals surface area contributed by atoms with E-state index in [1.165, 1.54) is 9.80 Å². The van der Waals surface area contributed by atoms with Gasteiger partial charge in [-0.25, -0.2) is 0 Å². The van der Waals surface area contributed by atoms with Gasteiger partial charge in [0.25, 0.3) is 5.91 Å². The van der Waals surface area contributed by atoms with E-state index in [1.54, 1.807) is 49.5 Å². The predicted molar refractivity (Wildman–Crippen MR) is 101 cm³/mol. The fraction of sp³-hybridized carbons (Fsp3) is 0.211. The van der Waals surface area contributed by atoms with Crippen LogP contribution >= 0.6 is 11.6 Å². The van der Waals surface area contributed by atoms with Crippen molar-refractivity contribution in [2.24, 2.45) is 0 Å². The summed E-state index contributed by atoms with van der Waals surface area (Å²) in [5, 5.41) is 3.37. The van der Waals surface area contributed by atoms with Gasteiger partial charge in [-0.15, -0.1) is 0 Å². The van der Waals surface area contributed by atoms with Crippen molar-refractivity contribution in [2.75, 3.05) is 30.4 Å². The fourth-order valence-corrected chi connectivity index (χ4v) is 3.09. The highest BCUT2D eigenvalue weighted by Gasteiger charge is 2.30. The van der Waals surface area contributed by atoms with Crippen LogP contribution in [-0.4, -0.2) is 42.8 Å². The molecule has 0 radical (unpaired) electrons. The molecule has 1 aliphatic heterocycles. The molecule has 0 aromatic heterocycles. The summed E-state index contributed by atoms with van der Waals surface area (Å²) >= 11 is 5.93. The lowest BCUT2D eigenvalue weighted by atomic mass is 10.1. The second-order valence-electron chi connectivity index (χ2n) is 6.17. The minimum absolute atomic E-state index is 0.0826. The first-order valence-corrected chi connectivity index (χ1v) is 8.45. The molecule has 3 amide bonds. The molecule has 0 fully saturated rings. The highest BCUT2D eigenvalue weighted by molar-refractivity contribution is 6.30. The van der Waals surface area contributed by atoms with Gasteiger partial charge in [-0.2, -0.15) is 0 Å². The number of para-hydroxylation sites is 1. The highest BCUT2D eigenvalue weighted by atomic mass is 35.5. The lowest BCUT2D eigenvalue weighted by Gasteiger charge is -2.22. The van der Waals surface area contributed by atoms with Crippen molar-refractivity contribution in [3.05, 3.63) is 58.6 Å². The second kappa shape index (κ2) is 7.17. The van der Waals surface area contributed by atoms with Crippen LogP contribution in [-0.2, 0) is 9.59 Å². The monoisotopic (exact) mass is 371 g/mol.